The van der Waals surface area contributed by atoms with E-state index in [-0.39, 0.29) is 11.9 Å². The lowest BCUT2D eigenvalue weighted by Crippen LogP contribution is -2.55. The Labute approximate surface area is 170 Å². The van der Waals surface area contributed by atoms with Crippen LogP contribution < -0.4 is 10.5 Å². The first-order valence-corrected chi connectivity index (χ1v) is 10.0. The van der Waals surface area contributed by atoms with Gasteiger partial charge in [0.05, 0.1) is 6.61 Å². The Morgan fingerprint density at radius 2 is 2.00 bits per heavy atom. The summed E-state index contributed by atoms with van der Waals surface area (Å²) in [7, 11) is 1.68. The zero-order valence-corrected chi connectivity index (χ0v) is 16.8. The minimum atomic E-state index is -1.06. The van der Waals surface area contributed by atoms with Crippen molar-refractivity contribution in [1.29, 1.82) is 0 Å². The number of nitrogens with two attached hydrogens (primary N) is 1. The van der Waals surface area contributed by atoms with E-state index < -0.39 is 11.1 Å². The molecule has 0 radical (unpaired) electrons. The Hall–Kier alpha value is -2.86. The standard InChI is InChI=1S/C23H25N3O3/c1-15-5-3-6-16(11-15)17-7-8-19-18(12-17)23(20(27)26(2)21(24)25-23)13-22(29-19)9-4-10-28-14-22/h3,5-8,11-12H,4,9-10,13-14H2,1-2H3,(H2,24,25). The molecule has 0 bridgehead atoms. The molecular formula is C23H25N3O3. The van der Waals surface area contributed by atoms with Crippen LogP contribution >= 0.6 is 0 Å². The molecule has 6 nitrogen and oxygen atoms in total. The molecule has 6 heteroatoms. The van der Waals surface area contributed by atoms with Gasteiger partial charge in [-0.3, -0.25) is 9.69 Å². The first-order chi connectivity index (χ1) is 13.9. The fourth-order valence-electron chi connectivity index (χ4n) is 4.81. The fraction of sp³-hybridized carbons (Fsp3) is 0.391. The highest BCUT2D eigenvalue weighted by atomic mass is 16.5. The second-order valence-corrected chi connectivity index (χ2v) is 8.39. The number of benzene rings is 2. The molecule has 2 aromatic carbocycles. The first-order valence-electron chi connectivity index (χ1n) is 10.0. The predicted molar refractivity (Wildman–Crippen MR) is 111 cm³/mol. The van der Waals surface area contributed by atoms with Crippen LogP contribution in [0.5, 0.6) is 5.75 Å². The molecular weight excluding hydrogens is 366 g/mol. The number of rotatable bonds is 1. The maximum atomic E-state index is 13.4. The molecule has 3 aliphatic rings. The number of fused-ring (bicyclic) bond motifs is 2. The maximum Gasteiger partial charge on any atom is 0.261 e. The Bertz CT molecular complexity index is 1030. The van der Waals surface area contributed by atoms with Crippen LogP contribution in [0.25, 0.3) is 11.1 Å². The smallest absolute Gasteiger partial charge is 0.261 e. The van der Waals surface area contributed by atoms with Gasteiger partial charge in [0, 0.05) is 25.6 Å². The zero-order chi connectivity index (χ0) is 20.2. The van der Waals surface area contributed by atoms with Gasteiger partial charge in [-0.1, -0.05) is 35.9 Å². The molecule has 2 spiro atoms. The van der Waals surface area contributed by atoms with E-state index in [1.807, 2.05) is 24.3 Å². The summed E-state index contributed by atoms with van der Waals surface area (Å²) in [6.07, 6.45) is 2.17. The third-order valence-electron chi connectivity index (χ3n) is 6.27. The summed E-state index contributed by atoms with van der Waals surface area (Å²) in [5.74, 6) is 0.833. The van der Waals surface area contributed by atoms with Crippen LogP contribution in [0.15, 0.2) is 47.5 Å². The number of hydrogen-bond donors (Lipinski definition) is 1. The van der Waals surface area contributed by atoms with E-state index in [1.165, 1.54) is 10.5 Å². The second kappa shape index (κ2) is 6.32. The summed E-state index contributed by atoms with van der Waals surface area (Å²) in [6.45, 7) is 3.25. The molecule has 0 saturated carbocycles. The number of aliphatic imine (C=N–C) groups is 1. The van der Waals surface area contributed by atoms with Crippen molar-refractivity contribution < 1.29 is 14.3 Å². The lowest BCUT2D eigenvalue weighted by molar-refractivity contribution is -0.139. The normalized spacial score (nSPS) is 28.4. The van der Waals surface area contributed by atoms with Crippen LogP contribution in [0.4, 0.5) is 0 Å². The molecule has 5 rings (SSSR count). The molecule has 150 valence electrons. The van der Waals surface area contributed by atoms with Crippen molar-refractivity contribution in [1.82, 2.24) is 4.90 Å². The van der Waals surface area contributed by atoms with Crippen molar-refractivity contribution >= 4 is 11.9 Å². The molecule has 2 aromatic rings. The van der Waals surface area contributed by atoms with Gasteiger partial charge in [-0.05, 0) is 43.0 Å². The lowest BCUT2D eigenvalue weighted by Gasteiger charge is -2.46. The van der Waals surface area contributed by atoms with Crippen molar-refractivity contribution in [3.8, 4) is 16.9 Å². The number of guanidine groups is 1. The summed E-state index contributed by atoms with van der Waals surface area (Å²) in [5, 5.41) is 0. The van der Waals surface area contributed by atoms with E-state index >= 15 is 0 Å². The van der Waals surface area contributed by atoms with Crippen molar-refractivity contribution in [3.63, 3.8) is 0 Å². The number of carbonyl (C=O) groups is 1. The Morgan fingerprint density at radius 1 is 1.17 bits per heavy atom. The average Bonchev–Trinajstić information content (AvgIpc) is 2.92. The van der Waals surface area contributed by atoms with Gasteiger partial charge in [-0.2, -0.15) is 0 Å². The molecule has 3 heterocycles. The van der Waals surface area contributed by atoms with E-state index in [0.29, 0.717) is 18.8 Å². The number of amides is 1. The van der Waals surface area contributed by atoms with Crippen LogP contribution in [0, 0.1) is 6.92 Å². The molecule has 2 atom stereocenters. The minimum absolute atomic E-state index is 0.106. The largest absolute Gasteiger partial charge is 0.484 e. The first kappa shape index (κ1) is 18.2. The van der Waals surface area contributed by atoms with E-state index in [2.05, 4.69) is 25.1 Å². The molecule has 29 heavy (non-hydrogen) atoms. The lowest BCUT2D eigenvalue weighted by atomic mass is 9.74. The minimum Gasteiger partial charge on any atom is -0.484 e. The van der Waals surface area contributed by atoms with Crippen molar-refractivity contribution in [2.75, 3.05) is 20.3 Å². The van der Waals surface area contributed by atoms with Crippen LogP contribution in [0.2, 0.25) is 0 Å². The highest BCUT2D eigenvalue weighted by Crippen LogP contribution is 2.51. The van der Waals surface area contributed by atoms with Gasteiger partial charge < -0.3 is 15.2 Å². The van der Waals surface area contributed by atoms with Gasteiger partial charge in [0.25, 0.3) is 5.91 Å². The summed E-state index contributed by atoms with van der Waals surface area (Å²) in [6, 6.07) is 14.3. The molecule has 2 N–H and O–H groups in total. The Balaban J connectivity index is 1.69. The topological polar surface area (TPSA) is 77.2 Å². The average molecular weight is 391 g/mol. The van der Waals surface area contributed by atoms with Gasteiger partial charge in [0.15, 0.2) is 11.5 Å². The second-order valence-electron chi connectivity index (χ2n) is 8.39. The SMILES string of the molecule is Cc1cccc(-c2ccc3c(c2)C2(CC4(CCCOC4)O3)N=C(N)N(C)C2=O)c1. The number of nitrogens with zero attached hydrogens (tertiary/aromatic N) is 2. The number of ether oxygens (including phenoxy) is 2. The zero-order valence-electron chi connectivity index (χ0n) is 16.8. The van der Waals surface area contributed by atoms with Gasteiger partial charge in [-0.25, -0.2) is 4.99 Å². The highest BCUT2D eigenvalue weighted by molar-refractivity contribution is 6.07. The van der Waals surface area contributed by atoms with Gasteiger partial charge >= 0.3 is 0 Å². The monoisotopic (exact) mass is 391 g/mol. The third kappa shape index (κ3) is 2.74. The van der Waals surface area contributed by atoms with Crippen LogP contribution in [0.1, 0.15) is 30.4 Å². The van der Waals surface area contributed by atoms with Gasteiger partial charge in [0.2, 0.25) is 0 Å². The molecule has 1 amide bonds. The molecule has 2 unspecified atom stereocenters. The van der Waals surface area contributed by atoms with Gasteiger partial charge in [-0.15, -0.1) is 0 Å². The van der Waals surface area contributed by atoms with Crippen LogP contribution in [-0.4, -0.2) is 42.6 Å². The summed E-state index contributed by atoms with van der Waals surface area (Å²) in [5.41, 5.74) is 8.58. The van der Waals surface area contributed by atoms with Crippen molar-refractivity contribution in [3.05, 3.63) is 53.6 Å². The summed E-state index contributed by atoms with van der Waals surface area (Å²) < 4.78 is 12.2. The maximum absolute atomic E-state index is 13.4. The molecule has 1 saturated heterocycles. The molecule has 1 fully saturated rings. The number of hydrogen-bond acceptors (Lipinski definition) is 5. The molecule has 3 aliphatic heterocycles. The van der Waals surface area contributed by atoms with Crippen LogP contribution in [-0.2, 0) is 15.1 Å². The number of carbonyl (C=O) groups excluding carboxylic acids is 1. The van der Waals surface area contributed by atoms with Gasteiger partial charge in [0.1, 0.15) is 11.4 Å². The van der Waals surface area contributed by atoms with E-state index in [1.54, 1.807) is 7.05 Å². The fourth-order valence-corrected chi connectivity index (χ4v) is 4.81. The van der Waals surface area contributed by atoms with Crippen molar-refractivity contribution in [2.24, 2.45) is 10.7 Å². The van der Waals surface area contributed by atoms with Crippen LogP contribution in [0.3, 0.4) is 0 Å². The highest BCUT2D eigenvalue weighted by Gasteiger charge is 2.58. The Morgan fingerprint density at radius 3 is 2.69 bits per heavy atom. The van der Waals surface area contributed by atoms with Crippen molar-refractivity contribution in [2.45, 2.75) is 37.3 Å². The molecule has 0 aliphatic carbocycles. The number of aryl methyl sites for hydroxylation is 1. The predicted octanol–water partition coefficient (Wildman–Crippen LogP) is 2.98. The van der Waals surface area contributed by atoms with E-state index in [9.17, 15) is 4.79 Å². The van der Waals surface area contributed by atoms with E-state index in [4.69, 9.17) is 20.2 Å². The number of likely N-dealkylation sites (N-methyl/N-ethyl adjacent to an activating group) is 1. The quantitative estimate of drug-likeness (QED) is 0.811. The summed E-state index contributed by atoms with van der Waals surface area (Å²) in [4.78, 5) is 19.6. The summed E-state index contributed by atoms with van der Waals surface area (Å²) >= 11 is 0. The Kier molecular flexibility index (Phi) is 3.96. The molecule has 0 aromatic heterocycles. The third-order valence-corrected chi connectivity index (χ3v) is 6.27. The van der Waals surface area contributed by atoms with E-state index in [0.717, 1.165) is 36.1 Å².